The van der Waals surface area contributed by atoms with E-state index in [-0.39, 0.29) is 36.2 Å². The number of ether oxygens (including phenoxy) is 4. The number of thioether (sulfide) groups is 2. The van der Waals surface area contributed by atoms with Gasteiger partial charge in [0.2, 0.25) is 0 Å². The molecule has 4 aliphatic heterocycles. The predicted molar refractivity (Wildman–Crippen MR) is 222 cm³/mol. The van der Waals surface area contributed by atoms with Gasteiger partial charge in [-0.2, -0.15) is 0 Å². The lowest BCUT2D eigenvalue weighted by Crippen LogP contribution is -2.71. The highest BCUT2D eigenvalue weighted by molar-refractivity contribution is 8.01. The Hall–Kier alpha value is -6.34. The molecule has 322 valence electrons. The third kappa shape index (κ3) is 10.3. The molecule has 5 N–H and O–H groups in total. The second-order valence-electron chi connectivity index (χ2n) is 14.8. The van der Waals surface area contributed by atoms with Crippen LogP contribution in [0.1, 0.15) is 26.3 Å². The Morgan fingerprint density at radius 1 is 0.738 bits per heavy atom. The molecule has 19 heteroatoms. The number of aliphatic hydroxyl groups is 2. The number of carbonyl (C=O) groups excluding carboxylic acids is 5. The molecule has 0 saturated carbocycles. The van der Waals surface area contributed by atoms with Crippen LogP contribution < -0.4 is 24.8 Å². The van der Waals surface area contributed by atoms with Gasteiger partial charge in [-0.25, -0.2) is 9.59 Å². The maximum atomic E-state index is 12.6. The van der Waals surface area contributed by atoms with E-state index in [0.717, 1.165) is 10.5 Å². The first-order valence-corrected chi connectivity index (χ1v) is 20.9. The zero-order valence-electron chi connectivity index (χ0n) is 33.4. The summed E-state index contributed by atoms with van der Waals surface area (Å²) in [6.07, 6.45) is 0.341. The highest BCUT2D eigenvalue weighted by atomic mass is 32.2. The number of carboxylic acid groups (broad SMARTS) is 1. The van der Waals surface area contributed by atoms with E-state index >= 15 is 0 Å². The van der Waals surface area contributed by atoms with E-state index in [1.807, 2.05) is 24.3 Å². The van der Waals surface area contributed by atoms with Crippen LogP contribution >= 0.6 is 23.5 Å². The van der Waals surface area contributed by atoms with Crippen LogP contribution in [0.5, 0.6) is 17.2 Å². The monoisotopic (exact) mass is 876 g/mol. The smallest absolute Gasteiger partial charge is 0.359 e. The normalized spacial score (nSPS) is 21.6. The molecule has 3 unspecified atom stereocenters. The number of nitrogens with one attached hydrogen (secondary N) is 2. The number of amides is 4. The van der Waals surface area contributed by atoms with Crippen molar-refractivity contribution in [3.8, 4) is 17.2 Å². The van der Waals surface area contributed by atoms with Gasteiger partial charge in [-0.05, 0) is 69.2 Å². The number of fused-ring (bicyclic) bond motifs is 2. The molecule has 0 aliphatic carbocycles. The van der Waals surface area contributed by atoms with Gasteiger partial charge in [0.1, 0.15) is 57.2 Å². The summed E-state index contributed by atoms with van der Waals surface area (Å²) in [6.45, 7) is 4.58. The fraction of sp³-hybridized carbons (Fsp3) is 0.333. The van der Waals surface area contributed by atoms with Crippen molar-refractivity contribution in [2.75, 3.05) is 26.1 Å². The number of para-hydroxylation sites is 2. The molecule has 4 heterocycles. The minimum absolute atomic E-state index is 0.149. The number of carbonyl (C=O) groups is 6. The number of hydrogen-bond donors (Lipinski definition) is 5. The quantitative estimate of drug-likeness (QED) is 0.122. The van der Waals surface area contributed by atoms with Crippen LogP contribution in [0.4, 0.5) is 0 Å². The molecule has 0 radical (unpaired) electrons. The van der Waals surface area contributed by atoms with Gasteiger partial charge >= 0.3 is 11.9 Å². The zero-order chi connectivity index (χ0) is 44.0. The average Bonchev–Trinajstić information content (AvgIpc) is 3.24. The number of carboxylic acids is 1. The summed E-state index contributed by atoms with van der Waals surface area (Å²) in [5.41, 5.74) is -0.510. The molecular weight excluding hydrogens is 833 g/mol. The van der Waals surface area contributed by atoms with E-state index in [0.29, 0.717) is 23.7 Å². The van der Waals surface area contributed by atoms with Gasteiger partial charge in [-0.1, -0.05) is 48.5 Å². The van der Waals surface area contributed by atoms with Crippen molar-refractivity contribution < 1.29 is 63.0 Å². The van der Waals surface area contributed by atoms with Gasteiger partial charge < -0.3 is 44.9 Å². The lowest BCUT2D eigenvalue weighted by molar-refractivity contribution is -0.159. The topological polar surface area (TPSA) is 231 Å². The highest BCUT2D eigenvalue weighted by Gasteiger charge is 2.57. The molecule has 2 fully saturated rings. The SMILES string of the molecule is CC(C)(C)OC(=O)C1=C(O)CS[C@@H]2C(NC(=O)COc3ccccc3)C(=O)N12.COc1ccc(CC2S[C@@H]3C(NC(=O)COc4ccccc4)C(=O)N3C(C(=O)O)=C2O)cc1. The number of methoxy groups -OCH3 is 1. The van der Waals surface area contributed by atoms with Gasteiger partial charge in [0.25, 0.3) is 23.6 Å². The molecule has 7 rings (SSSR count). The first-order valence-electron chi connectivity index (χ1n) is 18.9. The van der Waals surface area contributed by atoms with Crippen LogP contribution in [0.2, 0.25) is 0 Å². The van der Waals surface area contributed by atoms with E-state index in [1.165, 1.54) is 28.4 Å². The summed E-state index contributed by atoms with van der Waals surface area (Å²) in [4.78, 5) is 76.1. The van der Waals surface area contributed by atoms with E-state index in [2.05, 4.69) is 10.6 Å². The van der Waals surface area contributed by atoms with E-state index < -0.39 is 74.9 Å². The number of benzene rings is 3. The van der Waals surface area contributed by atoms with Crippen LogP contribution in [-0.4, -0.2) is 120 Å². The van der Waals surface area contributed by atoms with E-state index in [9.17, 15) is 44.1 Å². The Labute approximate surface area is 359 Å². The standard InChI is InChI=1S/C23H22N2O7S.C19H22N2O6S/c1-31-14-9-7-13(8-10-14)11-16-20(27)19(23(29)30)25-21(28)18(22(25)33-16)24-17(26)12-32-15-5-3-2-4-6-15;1-19(2,3)27-18(25)15-12(22)10-28-17-14(16(24)21(15)17)20-13(23)9-26-11-7-5-4-6-8-11/h2-10,16,18,22,27H,11-12H2,1H3,(H,24,26)(H,29,30);4-8,14,17,22H,9-10H2,1-3H3,(H,20,23)/t16?,18?,22-;14?,17-/m11/s1. The number of esters is 1. The van der Waals surface area contributed by atoms with Crippen LogP contribution in [0.15, 0.2) is 108 Å². The summed E-state index contributed by atoms with van der Waals surface area (Å²) >= 11 is 2.49. The Morgan fingerprint density at radius 2 is 1.25 bits per heavy atom. The minimum atomic E-state index is -1.40. The third-order valence-electron chi connectivity index (χ3n) is 9.32. The summed E-state index contributed by atoms with van der Waals surface area (Å²) in [6, 6.07) is 23.1. The van der Waals surface area contributed by atoms with Crippen molar-refractivity contribution in [3.63, 3.8) is 0 Å². The van der Waals surface area contributed by atoms with Crippen molar-refractivity contribution in [2.24, 2.45) is 0 Å². The maximum absolute atomic E-state index is 12.6. The third-order valence-corrected chi connectivity index (χ3v) is 12.1. The second-order valence-corrected chi connectivity index (χ2v) is 17.2. The molecule has 61 heavy (non-hydrogen) atoms. The fourth-order valence-electron chi connectivity index (χ4n) is 6.50. The first-order chi connectivity index (χ1) is 29.1. The predicted octanol–water partition coefficient (Wildman–Crippen LogP) is 3.52. The lowest BCUT2D eigenvalue weighted by Gasteiger charge is -2.50. The minimum Gasteiger partial charge on any atom is -0.509 e. The number of nitrogens with zero attached hydrogens (tertiary/aromatic N) is 2. The summed E-state index contributed by atoms with van der Waals surface area (Å²) in [5.74, 6) is -2.86. The van der Waals surface area contributed by atoms with Gasteiger partial charge in [0.15, 0.2) is 24.6 Å². The number of β-lactam (4-membered cyclic amide) rings is 2. The fourth-order valence-corrected chi connectivity index (χ4v) is 9.24. The zero-order valence-corrected chi connectivity index (χ0v) is 35.1. The van der Waals surface area contributed by atoms with Gasteiger partial charge in [-0.3, -0.25) is 29.0 Å². The number of aliphatic hydroxyl groups excluding tert-OH is 2. The second kappa shape index (κ2) is 18.9. The molecule has 3 aromatic rings. The summed E-state index contributed by atoms with van der Waals surface area (Å²) < 4.78 is 21.2. The number of rotatable bonds is 13. The van der Waals surface area contributed by atoms with Crippen LogP contribution in [0.3, 0.4) is 0 Å². The van der Waals surface area contributed by atoms with Crippen LogP contribution in [-0.2, 0) is 39.9 Å². The molecule has 0 aromatic heterocycles. The van der Waals surface area contributed by atoms with Crippen molar-refractivity contribution in [1.29, 1.82) is 0 Å². The Balaban J connectivity index is 0.000000207. The van der Waals surface area contributed by atoms with Gasteiger partial charge in [0, 0.05) is 0 Å². The Kier molecular flexibility index (Phi) is 13.7. The van der Waals surface area contributed by atoms with Gasteiger partial charge in [0.05, 0.1) is 18.1 Å². The molecule has 2 saturated heterocycles. The molecule has 4 amide bonds. The Bertz CT molecular complexity index is 2210. The summed E-state index contributed by atoms with van der Waals surface area (Å²) in [5, 5.41) is 33.9. The number of hydrogen-bond acceptors (Lipinski definition) is 14. The van der Waals surface area contributed by atoms with Crippen molar-refractivity contribution in [1.82, 2.24) is 20.4 Å². The van der Waals surface area contributed by atoms with Crippen LogP contribution in [0.25, 0.3) is 0 Å². The van der Waals surface area contributed by atoms with E-state index in [1.54, 1.807) is 88.5 Å². The molecule has 0 spiro atoms. The maximum Gasteiger partial charge on any atom is 0.359 e. The highest BCUT2D eigenvalue weighted by Crippen LogP contribution is 2.45. The largest absolute Gasteiger partial charge is 0.509 e. The summed E-state index contributed by atoms with van der Waals surface area (Å²) in [7, 11) is 1.56. The Morgan fingerprint density at radius 3 is 1.74 bits per heavy atom. The lowest BCUT2D eigenvalue weighted by atomic mass is 10.0. The number of aliphatic carboxylic acids is 1. The van der Waals surface area contributed by atoms with E-state index in [4.69, 9.17) is 18.9 Å². The molecule has 3 aromatic carbocycles. The van der Waals surface area contributed by atoms with Crippen LogP contribution in [0, 0.1) is 0 Å². The average molecular weight is 877 g/mol. The van der Waals surface area contributed by atoms with Crippen molar-refractivity contribution >= 4 is 59.1 Å². The first kappa shape index (κ1) is 44.2. The molecular formula is C42H44N4O13S2. The van der Waals surface area contributed by atoms with Crippen molar-refractivity contribution in [3.05, 3.63) is 113 Å². The molecule has 0 bridgehead atoms. The molecule has 17 nitrogen and oxygen atoms in total. The molecule has 4 aliphatic rings. The van der Waals surface area contributed by atoms with Crippen molar-refractivity contribution in [2.45, 2.75) is 60.9 Å². The molecule has 5 atom stereocenters. The van der Waals surface area contributed by atoms with Gasteiger partial charge in [-0.15, -0.1) is 23.5 Å².